The first-order chi connectivity index (χ1) is 9.63. The Bertz CT molecular complexity index is 240. The minimum absolute atomic E-state index is 0. The highest BCUT2D eigenvalue weighted by molar-refractivity contribution is 5.85. The number of carboxylic acid groups (broad SMARTS) is 2. The summed E-state index contributed by atoms with van der Waals surface area (Å²) in [4.78, 5) is 28.2. The molecule has 0 aromatic carbocycles. The Morgan fingerprint density at radius 2 is 1.23 bits per heavy atom. The standard InChI is InChI=1S/C12H22O8.2ClH/c13-11(14)9-7-5-3-1-2-4-6-8-10-17-19-20-18-12(15)16;;/h1-10H2,(H,13,14)(H,15,16);2*1H. The van der Waals surface area contributed by atoms with Crippen molar-refractivity contribution in [1.82, 2.24) is 0 Å². The lowest BCUT2D eigenvalue weighted by molar-refractivity contribution is -0.618. The molecule has 0 aromatic rings. The summed E-state index contributed by atoms with van der Waals surface area (Å²) >= 11 is 0. The van der Waals surface area contributed by atoms with Gasteiger partial charge in [-0.3, -0.25) is 4.79 Å². The lowest BCUT2D eigenvalue weighted by Gasteiger charge is -2.02. The topological polar surface area (TPSA) is 112 Å². The highest BCUT2D eigenvalue weighted by atomic mass is 35.5. The van der Waals surface area contributed by atoms with Crippen molar-refractivity contribution in [2.24, 2.45) is 0 Å². The second-order valence-electron chi connectivity index (χ2n) is 4.28. The third kappa shape index (κ3) is 24.2. The van der Waals surface area contributed by atoms with E-state index in [-0.39, 0.29) is 31.2 Å². The molecule has 0 amide bonds. The minimum Gasteiger partial charge on any atom is -0.481 e. The van der Waals surface area contributed by atoms with Gasteiger partial charge in [0.05, 0.1) is 6.61 Å². The van der Waals surface area contributed by atoms with Gasteiger partial charge in [-0.1, -0.05) is 38.5 Å². The zero-order valence-corrected chi connectivity index (χ0v) is 13.9. The van der Waals surface area contributed by atoms with Crippen molar-refractivity contribution in [1.29, 1.82) is 0 Å². The minimum atomic E-state index is -1.61. The van der Waals surface area contributed by atoms with Crippen LogP contribution in [0.25, 0.3) is 0 Å². The second kappa shape index (κ2) is 20.2. The number of rotatable bonds is 14. The summed E-state index contributed by atoms with van der Waals surface area (Å²) in [6, 6.07) is 0. The second-order valence-corrected chi connectivity index (χ2v) is 4.28. The molecule has 0 atom stereocenters. The van der Waals surface area contributed by atoms with E-state index >= 15 is 0 Å². The van der Waals surface area contributed by atoms with Crippen LogP contribution in [-0.4, -0.2) is 28.9 Å². The SMILES string of the molecule is Cl.Cl.O=C(O)CCCCCCCCCCOOOOC(=O)O. The van der Waals surface area contributed by atoms with Gasteiger partial charge in [0.1, 0.15) is 0 Å². The van der Waals surface area contributed by atoms with Crippen LogP contribution in [0.2, 0.25) is 0 Å². The average molecular weight is 367 g/mol. The maximum atomic E-state index is 10.3. The normalized spacial score (nSPS) is 9.45. The molecule has 0 heterocycles. The van der Waals surface area contributed by atoms with Crippen LogP contribution in [0.4, 0.5) is 4.79 Å². The van der Waals surface area contributed by atoms with Gasteiger partial charge in [-0.15, -0.1) is 24.8 Å². The molecule has 0 radical (unpaired) electrons. The quantitative estimate of drug-likeness (QED) is 0.270. The van der Waals surface area contributed by atoms with Crippen molar-refractivity contribution >= 4 is 36.9 Å². The first kappa shape index (κ1) is 26.1. The van der Waals surface area contributed by atoms with Crippen LogP contribution < -0.4 is 0 Å². The van der Waals surface area contributed by atoms with Crippen molar-refractivity contribution in [3.63, 3.8) is 0 Å². The first-order valence-corrected chi connectivity index (χ1v) is 6.70. The number of carbonyl (C=O) groups is 2. The molecule has 0 bridgehead atoms. The van der Waals surface area contributed by atoms with E-state index in [2.05, 4.69) is 19.9 Å². The van der Waals surface area contributed by atoms with Crippen molar-refractivity contribution < 1.29 is 39.7 Å². The molecule has 0 saturated heterocycles. The summed E-state index contributed by atoms with van der Waals surface area (Å²) in [5, 5.41) is 24.2. The highest BCUT2D eigenvalue weighted by Gasteiger charge is 1.99. The van der Waals surface area contributed by atoms with Gasteiger partial charge < -0.3 is 10.2 Å². The molecule has 0 aliphatic rings. The van der Waals surface area contributed by atoms with Crippen LogP contribution in [0, 0.1) is 0 Å². The van der Waals surface area contributed by atoms with Crippen molar-refractivity contribution in [3.8, 4) is 0 Å². The molecule has 10 heteroatoms. The number of halogens is 2. The fourth-order valence-electron chi connectivity index (χ4n) is 1.59. The van der Waals surface area contributed by atoms with E-state index in [1.54, 1.807) is 0 Å². The van der Waals surface area contributed by atoms with Crippen LogP contribution in [0.15, 0.2) is 0 Å². The van der Waals surface area contributed by atoms with E-state index in [0.29, 0.717) is 6.61 Å². The molecule has 0 fully saturated rings. The lowest BCUT2D eigenvalue weighted by Crippen LogP contribution is -2.04. The zero-order valence-electron chi connectivity index (χ0n) is 12.2. The molecular weight excluding hydrogens is 343 g/mol. The molecule has 0 unspecified atom stereocenters. The van der Waals surface area contributed by atoms with E-state index in [4.69, 9.17) is 10.2 Å². The predicted molar refractivity (Wildman–Crippen MR) is 80.9 cm³/mol. The fraction of sp³-hybridized carbons (Fsp3) is 0.833. The average Bonchev–Trinajstić information content (AvgIpc) is 2.38. The van der Waals surface area contributed by atoms with E-state index in [0.717, 1.165) is 51.4 Å². The Morgan fingerprint density at radius 1 is 0.727 bits per heavy atom. The summed E-state index contributed by atoms with van der Waals surface area (Å²) in [7, 11) is 0. The molecule has 0 aliphatic heterocycles. The molecule has 0 aliphatic carbocycles. The number of hydrogen-bond acceptors (Lipinski definition) is 6. The molecular formula is C12H24Cl2O8. The molecule has 0 aromatic heterocycles. The van der Waals surface area contributed by atoms with Crippen LogP contribution >= 0.6 is 24.8 Å². The summed E-state index contributed by atoms with van der Waals surface area (Å²) in [5.41, 5.74) is 0. The third-order valence-corrected chi connectivity index (χ3v) is 2.55. The number of carboxylic acids is 1. The van der Waals surface area contributed by atoms with Gasteiger partial charge in [-0.25, -0.2) is 14.6 Å². The Hall–Kier alpha value is -0.800. The largest absolute Gasteiger partial charge is 0.540 e. The van der Waals surface area contributed by atoms with Crippen molar-refractivity contribution in [3.05, 3.63) is 0 Å². The van der Waals surface area contributed by atoms with E-state index in [1.165, 1.54) is 0 Å². The number of aliphatic carboxylic acids is 1. The molecule has 134 valence electrons. The van der Waals surface area contributed by atoms with E-state index in [9.17, 15) is 9.59 Å². The van der Waals surface area contributed by atoms with Gasteiger partial charge in [-0.05, 0) is 17.9 Å². The third-order valence-electron chi connectivity index (χ3n) is 2.55. The molecule has 0 rings (SSSR count). The number of unbranched alkanes of at least 4 members (excludes halogenated alkanes) is 7. The molecule has 2 N–H and O–H groups in total. The Balaban J connectivity index is -0.00000180. The summed E-state index contributed by atoms with van der Waals surface area (Å²) in [5.74, 6) is -0.732. The lowest BCUT2D eigenvalue weighted by atomic mass is 10.1. The van der Waals surface area contributed by atoms with Gasteiger partial charge in [0.25, 0.3) is 0 Å². The summed E-state index contributed by atoms with van der Waals surface area (Å²) in [6.07, 6.45) is 6.43. The molecule has 8 nitrogen and oxygen atoms in total. The maximum Gasteiger partial charge on any atom is 0.540 e. The van der Waals surface area contributed by atoms with Crippen molar-refractivity contribution in [2.45, 2.75) is 57.8 Å². The van der Waals surface area contributed by atoms with Crippen molar-refractivity contribution in [2.75, 3.05) is 6.61 Å². The van der Waals surface area contributed by atoms with Crippen LogP contribution in [0.5, 0.6) is 0 Å². The maximum absolute atomic E-state index is 10.3. The predicted octanol–water partition coefficient (Wildman–Crippen LogP) is 3.91. The summed E-state index contributed by atoms with van der Waals surface area (Å²) in [6.45, 7) is 0.293. The smallest absolute Gasteiger partial charge is 0.481 e. The van der Waals surface area contributed by atoms with Gasteiger partial charge in [-0.2, -0.15) is 0 Å². The first-order valence-electron chi connectivity index (χ1n) is 6.70. The monoisotopic (exact) mass is 366 g/mol. The molecule has 0 spiro atoms. The van der Waals surface area contributed by atoms with Crippen LogP contribution in [0.1, 0.15) is 57.8 Å². The molecule has 0 saturated carbocycles. The van der Waals surface area contributed by atoms with Crippen LogP contribution in [-0.2, 0) is 24.6 Å². The Kier molecular flexibility index (Phi) is 24.0. The highest BCUT2D eigenvalue weighted by Crippen LogP contribution is 2.09. The Morgan fingerprint density at radius 3 is 1.73 bits per heavy atom. The molecule has 22 heavy (non-hydrogen) atoms. The van der Waals surface area contributed by atoms with E-state index in [1.807, 2.05) is 0 Å². The Labute approximate surface area is 141 Å². The van der Waals surface area contributed by atoms with Gasteiger partial charge >= 0.3 is 12.1 Å². The fourth-order valence-corrected chi connectivity index (χ4v) is 1.59. The van der Waals surface area contributed by atoms with Gasteiger partial charge in [0.15, 0.2) is 0 Å². The number of hydrogen-bond donors (Lipinski definition) is 2. The zero-order chi connectivity index (χ0) is 15.1. The van der Waals surface area contributed by atoms with E-state index < -0.39 is 12.1 Å². The van der Waals surface area contributed by atoms with Gasteiger partial charge in [0.2, 0.25) is 0 Å². The van der Waals surface area contributed by atoms with Crippen LogP contribution in [0.3, 0.4) is 0 Å². The summed E-state index contributed by atoms with van der Waals surface area (Å²) < 4.78 is 0. The van der Waals surface area contributed by atoms with Gasteiger partial charge in [0, 0.05) is 11.5 Å².